The van der Waals surface area contributed by atoms with Crippen LogP contribution >= 0.6 is 11.3 Å². The lowest BCUT2D eigenvalue weighted by atomic mass is 9.83. The van der Waals surface area contributed by atoms with Crippen LogP contribution in [0.25, 0.3) is 0 Å². The van der Waals surface area contributed by atoms with Crippen molar-refractivity contribution in [3.8, 4) is 0 Å². The van der Waals surface area contributed by atoms with Crippen molar-refractivity contribution in [2.45, 2.75) is 25.8 Å². The summed E-state index contributed by atoms with van der Waals surface area (Å²) in [6.07, 6.45) is 2.96. The highest BCUT2D eigenvalue weighted by molar-refractivity contribution is 7.10. The molecule has 2 atom stereocenters. The van der Waals surface area contributed by atoms with Crippen LogP contribution in [0.15, 0.2) is 11.4 Å². The van der Waals surface area contributed by atoms with Crippen LogP contribution in [-0.4, -0.2) is 6.54 Å². The van der Waals surface area contributed by atoms with Crippen molar-refractivity contribution in [1.29, 1.82) is 0 Å². The molecule has 0 aromatic carbocycles. The maximum Gasteiger partial charge on any atom is 0.0371 e. The molecule has 1 aliphatic heterocycles. The Balaban J connectivity index is 1.77. The van der Waals surface area contributed by atoms with Crippen molar-refractivity contribution in [1.82, 2.24) is 5.32 Å². The highest BCUT2D eigenvalue weighted by atomic mass is 32.1. The second-order valence-corrected chi connectivity index (χ2v) is 5.49. The molecule has 2 heterocycles. The number of thiophene rings is 1. The van der Waals surface area contributed by atoms with Gasteiger partial charge in [-0.15, -0.1) is 11.3 Å². The van der Waals surface area contributed by atoms with Crippen LogP contribution in [-0.2, 0) is 0 Å². The molecule has 0 spiro atoms. The van der Waals surface area contributed by atoms with Gasteiger partial charge in [0.2, 0.25) is 0 Å². The molecule has 70 valence electrons. The first-order valence-electron chi connectivity index (χ1n) is 5.13. The van der Waals surface area contributed by atoms with Gasteiger partial charge in [0, 0.05) is 17.5 Å². The van der Waals surface area contributed by atoms with Gasteiger partial charge in [-0.3, -0.25) is 0 Å². The molecule has 1 aliphatic carbocycles. The summed E-state index contributed by atoms with van der Waals surface area (Å²) in [4.78, 5) is 1.44. The molecule has 0 amide bonds. The van der Waals surface area contributed by atoms with Gasteiger partial charge in [-0.25, -0.2) is 0 Å². The van der Waals surface area contributed by atoms with Gasteiger partial charge in [0.25, 0.3) is 0 Å². The van der Waals surface area contributed by atoms with E-state index in [-0.39, 0.29) is 0 Å². The third-order valence-electron chi connectivity index (χ3n) is 3.34. The average molecular weight is 193 g/mol. The summed E-state index contributed by atoms with van der Waals surface area (Å²) >= 11 is 1.88. The van der Waals surface area contributed by atoms with Crippen LogP contribution in [0.1, 0.15) is 29.3 Å². The van der Waals surface area contributed by atoms with Gasteiger partial charge in [0.1, 0.15) is 0 Å². The molecular weight excluding hydrogens is 178 g/mol. The second kappa shape index (κ2) is 2.82. The highest BCUT2D eigenvalue weighted by Gasteiger charge is 2.42. The molecule has 2 fully saturated rings. The molecular formula is C11H15NS. The molecule has 2 heteroatoms. The Kier molecular flexibility index (Phi) is 1.74. The first kappa shape index (κ1) is 8.01. The largest absolute Gasteiger partial charge is 0.309 e. The third-order valence-corrected chi connectivity index (χ3v) is 4.22. The smallest absolute Gasteiger partial charge is 0.0371 e. The molecule has 1 aromatic rings. The fourth-order valence-corrected chi connectivity index (χ4v) is 3.07. The van der Waals surface area contributed by atoms with Gasteiger partial charge in [-0.05, 0) is 48.6 Å². The minimum atomic E-state index is 0.692. The molecule has 2 unspecified atom stereocenters. The van der Waals surface area contributed by atoms with Gasteiger partial charge >= 0.3 is 0 Å². The van der Waals surface area contributed by atoms with E-state index < -0.39 is 0 Å². The molecule has 1 aromatic heterocycles. The number of nitrogens with one attached hydrogen (secondary N) is 1. The van der Waals surface area contributed by atoms with Crippen LogP contribution in [0.5, 0.6) is 0 Å². The monoisotopic (exact) mass is 193 g/mol. The molecule has 3 rings (SSSR count). The first-order chi connectivity index (χ1) is 6.34. The van der Waals surface area contributed by atoms with Gasteiger partial charge in [0.05, 0.1) is 0 Å². The minimum absolute atomic E-state index is 0.692. The van der Waals surface area contributed by atoms with Crippen molar-refractivity contribution >= 4 is 11.3 Å². The third kappa shape index (κ3) is 1.32. The normalized spacial score (nSPS) is 33.0. The predicted octanol–water partition coefficient (Wildman–Crippen LogP) is 2.73. The van der Waals surface area contributed by atoms with Crippen LogP contribution < -0.4 is 5.32 Å². The fraction of sp³-hybridized carbons (Fsp3) is 0.636. The van der Waals surface area contributed by atoms with E-state index in [1.54, 1.807) is 0 Å². The van der Waals surface area contributed by atoms with Crippen molar-refractivity contribution in [3.63, 3.8) is 0 Å². The Morgan fingerprint density at radius 3 is 2.77 bits per heavy atom. The Bertz CT molecular complexity index is 314. The van der Waals surface area contributed by atoms with Crippen molar-refractivity contribution in [3.05, 3.63) is 21.9 Å². The Morgan fingerprint density at radius 2 is 2.31 bits per heavy atom. The summed E-state index contributed by atoms with van der Waals surface area (Å²) in [5, 5.41) is 5.87. The molecule has 13 heavy (non-hydrogen) atoms. The maximum absolute atomic E-state index is 3.55. The summed E-state index contributed by atoms with van der Waals surface area (Å²) in [5.74, 6) is 2.00. The molecule has 1 N–H and O–H groups in total. The molecule has 0 bridgehead atoms. The first-order valence-corrected chi connectivity index (χ1v) is 6.01. The van der Waals surface area contributed by atoms with Crippen molar-refractivity contribution < 1.29 is 0 Å². The van der Waals surface area contributed by atoms with Crippen LogP contribution in [0.2, 0.25) is 0 Å². The molecule has 1 saturated heterocycles. The van der Waals surface area contributed by atoms with Gasteiger partial charge in [-0.1, -0.05) is 0 Å². The van der Waals surface area contributed by atoms with E-state index in [2.05, 4.69) is 23.7 Å². The lowest BCUT2D eigenvalue weighted by molar-refractivity contribution is 0.206. The number of aryl methyl sites for hydroxylation is 1. The number of hydrogen-bond donors (Lipinski definition) is 1. The molecule has 0 radical (unpaired) electrons. The summed E-state index contributed by atoms with van der Waals surface area (Å²) in [6, 6.07) is 3.04. The minimum Gasteiger partial charge on any atom is -0.309 e. The number of hydrogen-bond acceptors (Lipinski definition) is 2. The maximum atomic E-state index is 3.55. The zero-order chi connectivity index (χ0) is 8.84. The summed E-state index contributed by atoms with van der Waals surface area (Å²) in [6.45, 7) is 3.45. The second-order valence-electron chi connectivity index (χ2n) is 4.38. The van der Waals surface area contributed by atoms with E-state index in [1.165, 1.54) is 29.8 Å². The Hall–Kier alpha value is -0.340. The van der Waals surface area contributed by atoms with Gasteiger partial charge in [0.15, 0.2) is 0 Å². The molecule has 1 saturated carbocycles. The summed E-state index contributed by atoms with van der Waals surface area (Å²) in [7, 11) is 0. The van der Waals surface area contributed by atoms with Crippen LogP contribution in [0.4, 0.5) is 0 Å². The van der Waals surface area contributed by atoms with Crippen LogP contribution in [0.3, 0.4) is 0 Å². The standard InChI is InChI=1S/C11H15NS/c1-7-4-9(6-13-7)11-10(5-12-11)8-2-3-8/h4,6,8,10-12H,2-3,5H2,1H3. The summed E-state index contributed by atoms with van der Waals surface area (Å²) < 4.78 is 0. The van der Waals surface area contributed by atoms with E-state index in [0.29, 0.717) is 6.04 Å². The zero-order valence-electron chi connectivity index (χ0n) is 7.92. The van der Waals surface area contributed by atoms with Crippen LogP contribution in [0, 0.1) is 18.8 Å². The fourth-order valence-electron chi connectivity index (χ4n) is 2.33. The highest BCUT2D eigenvalue weighted by Crippen LogP contribution is 2.47. The van der Waals surface area contributed by atoms with Crippen molar-refractivity contribution in [2.75, 3.05) is 6.54 Å². The zero-order valence-corrected chi connectivity index (χ0v) is 8.73. The SMILES string of the molecule is Cc1cc(C2NCC2C2CC2)cs1. The quantitative estimate of drug-likeness (QED) is 0.761. The lowest BCUT2D eigenvalue weighted by Crippen LogP contribution is -2.46. The van der Waals surface area contributed by atoms with E-state index in [0.717, 1.165) is 11.8 Å². The summed E-state index contributed by atoms with van der Waals surface area (Å²) in [5.41, 5.74) is 1.53. The number of rotatable bonds is 2. The van der Waals surface area contributed by atoms with E-state index in [1.807, 2.05) is 11.3 Å². The average Bonchev–Trinajstić information content (AvgIpc) is 2.75. The molecule has 1 nitrogen and oxygen atoms in total. The van der Waals surface area contributed by atoms with Gasteiger partial charge in [-0.2, -0.15) is 0 Å². The predicted molar refractivity (Wildman–Crippen MR) is 56.0 cm³/mol. The van der Waals surface area contributed by atoms with E-state index >= 15 is 0 Å². The Labute approximate surface area is 83.2 Å². The van der Waals surface area contributed by atoms with Gasteiger partial charge < -0.3 is 5.32 Å². The topological polar surface area (TPSA) is 12.0 Å². The molecule has 2 aliphatic rings. The Morgan fingerprint density at radius 1 is 1.46 bits per heavy atom. The van der Waals surface area contributed by atoms with E-state index in [9.17, 15) is 0 Å². The lowest BCUT2D eigenvalue weighted by Gasteiger charge is -2.38. The van der Waals surface area contributed by atoms with E-state index in [4.69, 9.17) is 0 Å². The van der Waals surface area contributed by atoms with Crippen molar-refractivity contribution in [2.24, 2.45) is 11.8 Å².